The molecule has 0 aliphatic carbocycles. The molecule has 0 aromatic rings. The molecular formula is C15H28N2O3. The molecule has 2 atom stereocenters. The fourth-order valence-electron chi connectivity index (χ4n) is 3.07. The lowest BCUT2D eigenvalue weighted by Gasteiger charge is -2.40. The van der Waals surface area contributed by atoms with Crippen molar-refractivity contribution in [2.24, 2.45) is 0 Å². The molecule has 1 saturated heterocycles. The molecule has 0 bridgehead atoms. The molecule has 0 saturated carbocycles. The van der Waals surface area contributed by atoms with Gasteiger partial charge in [0.05, 0.1) is 6.04 Å². The summed E-state index contributed by atoms with van der Waals surface area (Å²) in [5.41, 5.74) is 0. The van der Waals surface area contributed by atoms with Crippen LogP contribution in [0.15, 0.2) is 0 Å². The van der Waals surface area contributed by atoms with E-state index >= 15 is 0 Å². The van der Waals surface area contributed by atoms with Gasteiger partial charge in [-0.3, -0.25) is 14.5 Å². The van der Waals surface area contributed by atoms with E-state index in [4.69, 9.17) is 5.11 Å². The van der Waals surface area contributed by atoms with Crippen molar-refractivity contribution in [1.29, 1.82) is 0 Å². The fourth-order valence-corrected chi connectivity index (χ4v) is 3.07. The van der Waals surface area contributed by atoms with Gasteiger partial charge in [-0.1, -0.05) is 6.42 Å². The van der Waals surface area contributed by atoms with Crippen LogP contribution in [0, 0.1) is 0 Å². The SMILES string of the molecule is CCN(CC)C(=O)C(C)N1CCCCC1CCC(=O)O. The first-order valence-corrected chi connectivity index (χ1v) is 7.77. The molecular weight excluding hydrogens is 256 g/mol. The zero-order valence-electron chi connectivity index (χ0n) is 13.0. The van der Waals surface area contributed by atoms with Gasteiger partial charge in [-0.05, 0) is 46.6 Å². The third kappa shape index (κ3) is 4.47. The number of aliphatic carboxylic acids is 1. The Morgan fingerprint density at radius 1 is 1.30 bits per heavy atom. The summed E-state index contributed by atoms with van der Waals surface area (Å²) in [6.07, 6.45) is 4.06. The Balaban J connectivity index is 2.68. The minimum Gasteiger partial charge on any atom is -0.481 e. The number of carbonyl (C=O) groups is 2. The van der Waals surface area contributed by atoms with Gasteiger partial charge in [0.25, 0.3) is 0 Å². The highest BCUT2D eigenvalue weighted by molar-refractivity contribution is 5.81. The van der Waals surface area contributed by atoms with Crippen LogP contribution in [0.2, 0.25) is 0 Å². The van der Waals surface area contributed by atoms with Crippen LogP contribution in [0.25, 0.3) is 0 Å². The zero-order valence-corrected chi connectivity index (χ0v) is 13.0. The van der Waals surface area contributed by atoms with Gasteiger partial charge in [0.15, 0.2) is 0 Å². The number of carboxylic acids is 1. The average molecular weight is 284 g/mol. The zero-order chi connectivity index (χ0) is 15.1. The first-order valence-electron chi connectivity index (χ1n) is 7.77. The second kappa shape index (κ2) is 8.25. The molecule has 1 heterocycles. The normalized spacial score (nSPS) is 21.4. The van der Waals surface area contributed by atoms with Crippen molar-refractivity contribution in [2.75, 3.05) is 19.6 Å². The van der Waals surface area contributed by atoms with Crippen LogP contribution < -0.4 is 0 Å². The molecule has 1 aliphatic heterocycles. The number of nitrogens with zero attached hydrogens (tertiary/aromatic N) is 2. The third-order valence-corrected chi connectivity index (χ3v) is 4.29. The minimum atomic E-state index is -0.752. The lowest BCUT2D eigenvalue weighted by molar-refractivity contribution is -0.138. The van der Waals surface area contributed by atoms with E-state index in [0.29, 0.717) is 6.42 Å². The molecule has 5 heteroatoms. The maximum Gasteiger partial charge on any atom is 0.303 e. The van der Waals surface area contributed by atoms with Gasteiger partial charge >= 0.3 is 5.97 Å². The Bertz CT molecular complexity index is 329. The van der Waals surface area contributed by atoms with Gasteiger partial charge in [0.1, 0.15) is 0 Å². The van der Waals surface area contributed by atoms with E-state index in [2.05, 4.69) is 4.90 Å². The van der Waals surface area contributed by atoms with Gasteiger partial charge in [0.2, 0.25) is 5.91 Å². The van der Waals surface area contributed by atoms with E-state index in [-0.39, 0.29) is 24.4 Å². The van der Waals surface area contributed by atoms with Crippen molar-refractivity contribution in [3.8, 4) is 0 Å². The Morgan fingerprint density at radius 2 is 1.95 bits per heavy atom. The highest BCUT2D eigenvalue weighted by Crippen LogP contribution is 2.24. The second-order valence-electron chi connectivity index (χ2n) is 5.51. The van der Waals surface area contributed by atoms with Gasteiger partial charge < -0.3 is 10.0 Å². The van der Waals surface area contributed by atoms with Crippen molar-refractivity contribution >= 4 is 11.9 Å². The number of likely N-dealkylation sites (N-methyl/N-ethyl adjacent to an activating group) is 1. The topological polar surface area (TPSA) is 60.9 Å². The summed E-state index contributed by atoms with van der Waals surface area (Å²) in [5, 5.41) is 8.85. The van der Waals surface area contributed by atoms with Crippen LogP contribution in [0.4, 0.5) is 0 Å². The molecule has 0 aromatic carbocycles. The number of carboxylic acid groups (broad SMARTS) is 1. The standard InChI is InChI=1S/C15H28N2O3/c1-4-16(5-2)15(20)12(3)17-11-7-6-8-13(17)9-10-14(18)19/h12-13H,4-11H2,1-3H3,(H,18,19). The lowest BCUT2D eigenvalue weighted by Crippen LogP contribution is -2.52. The van der Waals surface area contributed by atoms with E-state index in [9.17, 15) is 9.59 Å². The second-order valence-corrected chi connectivity index (χ2v) is 5.51. The van der Waals surface area contributed by atoms with E-state index in [1.54, 1.807) is 0 Å². The summed E-state index contributed by atoms with van der Waals surface area (Å²) in [5.74, 6) is -0.588. The molecule has 0 radical (unpaired) electrons. The van der Waals surface area contributed by atoms with Crippen LogP contribution in [0.3, 0.4) is 0 Å². The Labute approximate surface area is 121 Å². The van der Waals surface area contributed by atoms with E-state index < -0.39 is 5.97 Å². The smallest absolute Gasteiger partial charge is 0.303 e. The summed E-state index contributed by atoms with van der Waals surface area (Å²) in [6.45, 7) is 8.30. The summed E-state index contributed by atoms with van der Waals surface area (Å²) >= 11 is 0. The van der Waals surface area contributed by atoms with Crippen molar-refractivity contribution in [2.45, 2.75) is 65.0 Å². The largest absolute Gasteiger partial charge is 0.481 e. The molecule has 116 valence electrons. The van der Waals surface area contributed by atoms with Gasteiger partial charge in [-0.15, -0.1) is 0 Å². The number of hydrogen-bond acceptors (Lipinski definition) is 3. The molecule has 0 spiro atoms. The van der Waals surface area contributed by atoms with Crippen LogP contribution in [0.1, 0.15) is 52.9 Å². The quantitative estimate of drug-likeness (QED) is 0.776. The summed E-state index contributed by atoms with van der Waals surface area (Å²) in [7, 11) is 0. The van der Waals surface area contributed by atoms with Crippen LogP contribution >= 0.6 is 0 Å². The summed E-state index contributed by atoms with van der Waals surface area (Å²) in [4.78, 5) is 27.3. The molecule has 20 heavy (non-hydrogen) atoms. The molecule has 2 unspecified atom stereocenters. The first-order chi connectivity index (χ1) is 9.51. The predicted molar refractivity (Wildman–Crippen MR) is 78.6 cm³/mol. The molecule has 1 N–H and O–H groups in total. The number of amides is 1. The Hall–Kier alpha value is -1.10. The lowest BCUT2D eigenvalue weighted by atomic mass is 9.96. The number of hydrogen-bond donors (Lipinski definition) is 1. The third-order valence-electron chi connectivity index (χ3n) is 4.29. The van der Waals surface area contributed by atoms with Gasteiger partial charge in [-0.2, -0.15) is 0 Å². The number of piperidine rings is 1. The maximum absolute atomic E-state index is 12.5. The van der Waals surface area contributed by atoms with E-state index in [0.717, 1.165) is 38.9 Å². The van der Waals surface area contributed by atoms with Gasteiger partial charge in [0, 0.05) is 25.6 Å². The predicted octanol–water partition coefficient (Wildman–Crippen LogP) is 1.96. The maximum atomic E-state index is 12.5. The van der Waals surface area contributed by atoms with Crippen molar-refractivity contribution in [1.82, 2.24) is 9.80 Å². The molecule has 5 nitrogen and oxygen atoms in total. The molecule has 1 amide bonds. The summed E-state index contributed by atoms with van der Waals surface area (Å²) in [6, 6.07) is 0.0864. The summed E-state index contributed by atoms with van der Waals surface area (Å²) < 4.78 is 0. The van der Waals surface area contributed by atoms with E-state index in [1.807, 2.05) is 25.7 Å². The first kappa shape index (κ1) is 17.0. The Kier molecular flexibility index (Phi) is 6.99. The van der Waals surface area contributed by atoms with Crippen LogP contribution in [-0.2, 0) is 9.59 Å². The number of rotatable bonds is 7. The number of carbonyl (C=O) groups excluding carboxylic acids is 1. The minimum absolute atomic E-state index is 0.144. The van der Waals surface area contributed by atoms with Gasteiger partial charge in [-0.25, -0.2) is 0 Å². The van der Waals surface area contributed by atoms with Crippen LogP contribution in [-0.4, -0.2) is 58.5 Å². The van der Waals surface area contributed by atoms with Crippen molar-refractivity contribution in [3.05, 3.63) is 0 Å². The van der Waals surface area contributed by atoms with Crippen LogP contribution in [0.5, 0.6) is 0 Å². The fraction of sp³-hybridized carbons (Fsp3) is 0.867. The molecule has 1 fully saturated rings. The number of likely N-dealkylation sites (tertiary alicyclic amines) is 1. The molecule has 1 aliphatic rings. The van der Waals surface area contributed by atoms with Crippen molar-refractivity contribution < 1.29 is 14.7 Å². The highest BCUT2D eigenvalue weighted by atomic mass is 16.4. The van der Waals surface area contributed by atoms with E-state index in [1.165, 1.54) is 0 Å². The average Bonchev–Trinajstić information content (AvgIpc) is 2.45. The Morgan fingerprint density at radius 3 is 2.50 bits per heavy atom. The monoisotopic (exact) mass is 284 g/mol. The molecule has 1 rings (SSSR count). The van der Waals surface area contributed by atoms with Crippen molar-refractivity contribution in [3.63, 3.8) is 0 Å². The highest BCUT2D eigenvalue weighted by Gasteiger charge is 2.31. The molecule has 0 aromatic heterocycles.